The molecule has 1 N–H and O–H groups in total. The molecule has 5 nitrogen and oxygen atoms in total. The van der Waals surface area contributed by atoms with Crippen LogP contribution in [0.15, 0.2) is 42.5 Å². The van der Waals surface area contributed by atoms with Crippen molar-refractivity contribution in [3.63, 3.8) is 0 Å². The number of nitrogens with zero attached hydrogens (tertiary/aromatic N) is 2. The second-order valence-electron chi connectivity index (χ2n) is 3.71. The number of nitro benzene ring substituents is 1. The first-order valence-electron chi connectivity index (χ1n) is 5.32. The molecule has 94 valence electrons. The summed E-state index contributed by atoms with van der Waals surface area (Å²) in [6.45, 7) is 0. The van der Waals surface area contributed by atoms with E-state index in [0.29, 0.717) is 5.69 Å². The van der Waals surface area contributed by atoms with Gasteiger partial charge < -0.3 is 5.32 Å². The van der Waals surface area contributed by atoms with Gasteiger partial charge in [-0.25, -0.2) is 0 Å². The van der Waals surface area contributed by atoms with Crippen LogP contribution in [-0.2, 0) is 0 Å². The molecule has 0 fully saturated rings. The number of halogens is 1. The summed E-state index contributed by atoms with van der Waals surface area (Å²) in [6, 6.07) is 13.9. The number of nitriles is 1. The Labute approximate surface area is 123 Å². The van der Waals surface area contributed by atoms with Gasteiger partial charge in [-0.05, 0) is 46.9 Å². The molecule has 19 heavy (non-hydrogen) atoms. The average molecular weight is 365 g/mol. The van der Waals surface area contributed by atoms with Crippen LogP contribution in [-0.4, -0.2) is 4.92 Å². The fourth-order valence-electron chi connectivity index (χ4n) is 1.58. The summed E-state index contributed by atoms with van der Waals surface area (Å²) in [5, 5.41) is 22.8. The molecule has 0 saturated heterocycles. The fourth-order valence-corrected chi connectivity index (χ4v) is 2.10. The molecule has 0 aliphatic carbocycles. The van der Waals surface area contributed by atoms with Gasteiger partial charge in [0.25, 0.3) is 5.69 Å². The number of anilines is 2. The summed E-state index contributed by atoms with van der Waals surface area (Å²) in [5.74, 6) is 0. The van der Waals surface area contributed by atoms with Gasteiger partial charge in [-0.3, -0.25) is 10.1 Å². The van der Waals surface area contributed by atoms with Crippen molar-refractivity contribution >= 4 is 39.7 Å². The molecule has 2 aromatic carbocycles. The van der Waals surface area contributed by atoms with Gasteiger partial charge in [0.1, 0.15) is 11.6 Å². The fraction of sp³-hybridized carbons (Fsp3) is 0. The summed E-state index contributed by atoms with van der Waals surface area (Å²) in [6.07, 6.45) is 0. The first-order valence-corrected chi connectivity index (χ1v) is 6.40. The first-order chi connectivity index (χ1) is 9.11. The van der Waals surface area contributed by atoms with Crippen molar-refractivity contribution in [3.8, 4) is 6.07 Å². The van der Waals surface area contributed by atoms with Crippen molar-refractivity contribution in [1.29, 1.82) is 5.26 Å². The molecule has 0 aliphatic heterocycles. The number of nitro groups is 1. The van der Waals surface area contributed by atoms with Crippen LogP contribution >= 0.6 is 22.6 Å². The maximum atomic E-state index is 10.7. The van der Waals surface area contributed by atoms with E-state index in [1.165, 1.54) is 12.1 Å². The second kappa shape index (κ2) is 5.67. The van der Waals surface area contributed by atoms with Gasteiger partial charge in [0.05, 0.1) is 10.6 Å². The molecule has 6 heteroatoms. The Balaban J connectivity index is 2.36. The SMILES string of the molecule is N#Cc1cc(Nc2ccccc2I)ccc1[N+](=O)[O-]. The molecule has 0 spiro atoms. The largest absolute Gasteiger partial charge is 0.355 e. The molecule has 0 aromatic heterocycles. The van der Waals surface area contributed by atoms with Gasteiger partial charge in [-0.2, -0.15) is 5.26 Å². The quantitative estimate of drug-likeness (QED) is 0.510. The van der Waals surface area contributed by atoms with Crippen LogP contribution in [0.2, 0.25) is 0 Å². The number of para-hydroxylation sites is 1. The van der Waals surface area contributed by atoms with Crippen LogP contribution in [0.5, 0.6) is 0 Å². The minimum atomic E-state index is -0.561. The van der Waals surface area contributed by atoms with E-state index in [0.717, 1.165) is 9.26 Å². The monoisotopic (exact) mass is 365 g/mol. The molecule has 0 unspecified atom stereocenters. The van der Waals surface area contributed by atoms with Gasteiger partial charge in [0.2, 0.25) is 0 Å². The van der Waals surface area contributed by atoms with Gasteiger partial charge >= 0.3 is 0 Å². The lowest BCUT2D eigenvalue weighted by Crippen LogP contribution is -1.96. The van der Waals surface area contributed by atoms with Crippen molar-refractivity contribution in [2.75, 3.05) is 5.32 Å². The predicted octanol–water partition coefficient (Wildman–Crippen LogP) is 3.81. The Morgan fingerprint density at radius 2 is 2.00 bits per heavy atom. The van der Waals surface area contributed by atoms with E-state index in [2.05, 4.69) is 27.9 Å². The van der Waals surface area contributed by atoms with Gasteiger partial charge in [0, 0.05) is 15.3 Å². The highest BCUT2D eigenvalue weighted by Gasteiger charge is 2.13. The molecule has 2 rings (SSSR count). The molecular formula is C13H8IN3O2. The Kier molecular flexibility index (Phi) is 3.97. The van der Waals surface area contributed by atoms with Crippen molar-refractivity contribution in [3.05, 3.63) is 61.7 Å². The zero-order valence-corrected chi connectivity index (χ0v) is 11.8. The molecule has 0 radical (unpaired) electrons. The molecule has 0 aliphatic rings. The number of hydrogen-bond acceptors (Lipinski definition) is 4. The lowest BCUT2D eigenvalue weighted by Gasteiger charge is -2.08. The van der Waals surface area contributed by atoms with Crippen LogP contribution in [0.25, 0.3) is 0 Å². The highest BCUT2D eigenvalue weighted by Crippen LogP contribution is 2.26. The Hall–Kier alpha value is -2.14. The lowest BCUT2D eigenvalue weighted by molar-refractivity contribution is -0.385. The van der Waals surface area contributed by atoms with Crippen molar-refractivity contribution in [2.24, 2.45) is 0 Å². The van der Waals surface area contributed by atoms with Crippen LogP contribution in [0.3, 0.4) is 0 Å². The summed E-state index contributed by atoms with van der Waals surface area (Å²) in [5.41, 5.74) is 1.39. The standard InChI is InChI=1S/C13H8IN3O2/c14-11-3-1-2-4-12(11)16-10-5-6-13(17(18)19)9(7-10)8-15/h1-7,16H. The lowest BCUT2D eigenvalue weighted by atomic mass is 10.1. The zero-order valence-electron chi connectivity index (χ0n) is 9.63. The number of hydrogen-bond donors (Lipinski definition) is 1. The number of nitrogens with one attached hydrogen (secondary N) is 1. The van der Waals surface area contributed by atoms with E-state index in [-0.39, 0.29) is 11.3 Å². The van der Waals surface area contributed by atoms with Crippen molar-refractivity contribution in [2.45, 2.75) is 0 Å². The second-order valence-corrected chi connectivity index (χ2v) is 4.87. The average Bonchev–Trinajstić information content (AvgIpc) is 2.41. The summed E-state index contributed by atoms with van der Waals surface area (Å²) >= 11 is 2.19. The Morgan fingerprint density at radius 1 is 1.26 bits per heavy atom. The normalized spacial score (nSPS) is 9.68. The summed E-state index contributed by atoms with van der Waals surface area (Å²) in [4.78, 5) is 10.2. The predicted molar refractivity (Wildman–Crippen MR) is 80.3 cm³/mol. The van der Waals surface area contributed by atoms with Gasteiger partial charge in [-0.15, -0.1) is 0 Å². The minimum absolute atomic E-state index is 0.0425. The van der Waals surface area contributed by atoms with Crippen molar-refractivity contribution in [1.82, 2.24) is 0 Å². The molecule has 0 bridgehead atoms. The minimum Gasteiger partial charge on any atom is -0.355 e. The van der Waals surface area contributed by atoms with Crippen LogP contribution < -0.4 is 5.32 Å². The smallest absolute Gasteiger partial charge is 0.287 e. The number of benzene rings is 2. The third-order valence-corrected chi connectivity index (χ3v) is 3.41. The highest BCUT2D eigenvalue weighted by molar-refractivity contribution is 14.1. The van der Waals surface area contributed by atoms with E-state index in [9.17, 15) is 10.1 Å². The van der Waals surface area contributed by atoms with E-state index in [1.54, 1.807) is 6.07 Å². The number of rotatable bonds is 3. The molecule has 0 saturated carbocycles. The van der Waals surface area contributed by atoms with E-state index >= 15 is 0 Å². The third-order valence-electron chi connectivity index (χ3n) is 2.47. The molecule has 0 atom stereocenters. The maximum Gasteiger partial charge on any atom is 0.287 e. The van der Waals surface area contributed by atoms with E-state index < -0.39 is 4.92 Å². The van der Waals surface area contributed by atoms with E-state index in [1.807, 2.05) is 30.3 Å². The Bertz CT molecular complexity index is 680. The van der Waals surface area contributed by atoms with Crippen LogP contribution in [0.1, 0.15) is 5.56 Å². The summed E-state index contributed by atoms with van der Waals surface area (Å²) < 4.78 is 1.02. The van der Waals surface area contributed by atoms with Crippen LogP contribution in [0, 0.1) is 25.0 Å². The molecular weight excluding hydrogens is 357 g/mol. The topological polar surface area (TPSA) is 79.0 Å². The maximum absolute atomic E-state index is 10.7. The molecule has 2 aromatic rings. The first kappa shape index (κ1) is 13.3. The molecule has 0 amide bonds. The van der Waals surface area contributed by atoms with Gasteiger partial charge in [-0.1, -0.05) is 12.1 Å². The zero-order chi connectivity index (χ0) is 13.8. The molecule has 0 heterocycles. The van der Waals surface area contributed by atoms with E-state index in [4.69, 9.17) is 5.26 Å². The third kappa shape index (κ3) is 3.00. The van der Waals surface area contributed by atoms with Gasteiger partial charge in [0.15, 0.2) is 0 Å². The highest BCUT2D eigenvalue weighted by atomic mass is 127. The summed E-state index contributed by atoms with van der Waals surface area (Å²) in [7, 11) is 0. The van der Waals surface area contributed by atoms with Crippen molar-refractivity contribution < 1.29 is 4.92 Å². The Morgan fingerprint density at radius 3 is 2.63 bits per heavy atom. The van der Waals surface area contributed by atoms with Crippen LogP contribution in [0.4, 0.5) is 17.1 Å².